The summed E-state index contributed by atoms with van der Waals surface area (Å²) in [4.78, 5) is 0. The van der Waals surface area contributed by atoms with E-state index in [1.54, 1.807) is 0 Å². The molecular formula is C48H28. The Hall–Kier alpha value is -6.24. The Balaban J connectivity index is 1.22. The van der Waals surface area contributed by atoms with Crippen molar-refractivity contribution in [2.24, 2.45) is 0 Å². The first-order chi connectivity index (χ1) is 23.8. The van der Waals surface area contributed by atoms with Gasteiger partial charge in [-0.25, -0.2) is 0 Å². The van der Waals surface area contributed by atoms with E-state index in [-0.39, 0.29) is 0 Å². The van der Waals surface area contributed by atoms with Gasteiger partial charge >= 0.3 is 0 Å². The van der Waals surface area contributed by atoms with Gasteiger partial charge in [0.25, 0.3) is 0 Å². The van der Waals surface area contributed by atoms with E-state index in [0.717, 1.165) is 0 Å². The van der Waals surface area contributed by atoms with E-state index in [1.165, 1.54) is 110 Å². The lowest BCUT2D eigenvalue weighted by Gasteiger charge is -2.19. The molecule has 0 heteroatoms. The second-order valence-electron chi connectivity index (χ2n) is 13.1. The second kappa shape index (κ2) is 9.64. The fourth-order valence-electron chi connectivity index (χ4n) is 8.83. The lowest BCUT2D eigenvalue weighted by Crippen LogP contribution is -1.92. The molecule has 48 heavy (non-hydrogen) atoms. The van der Waals surface area contributed by atoms with Gasteiger partial charge in [-0.2, -0.15) is 0 Å². The van der Waals surface area contributed by atoms with Crippen LogP contribution in [-0.2, 0) is 0 Å². The predicted molar refractivity (Wildman–Crippen MR) is 204 cm³/mol. The van der Waals surface area contributed by atoms with E-state index >= 15 is 0 Å². The summed E-state index contributed by atoms with van der Waals surface area (Å²) in [5, 5.41) is 7.88. The summed E-state index contributed by atoms with van der Waals surface area (Å²) in [6, 6.07) is 63.1. The molecule has 9 aromatic rings. The van der Waals surface area contributed by atoms with Gasteiger partial charge in [0, 0.05) is 0 Å². The van der Waals surface area contributed by atoms with Crippen molar-refractivity contribution in [2.45, 2.75) is 0 Å². The minimum absolute atomic E-state index is 1.24. The Labute approximate surface area is 279 Å². The summed E-state index contributed by atoms with van der Waals surface area (Å²) in [7, 11) is 0. The summed E-state index contributed by atoms with van der Waals surface area (Å²) >= 11 is 0. The summed E-state index contributed by atoms with van der Waals surface area (Å²) in [5.74, 6) is 0. The van der Waals surface area contributed by atoms with Crippen molar-refractivity contribution < 1.29 is 0 Å². The minimum Gasteiger partial charge on any atom is -0.0622 e. The first-order valence-electron chi connectivity index (χ1n) is 16.8. The monoisotopic (exact) mass is 604 g/mol. The van der Waals surface area contributed by atoms with Crippen LogP contribution >= 0.6 is 0 Å². The van der Waals surface area contributed by atoms with Crippen molar-refractivity contribution in [1.82, 2.24) is 0 Å². The van der Waals surface area contributed by atoms with Crippen LogP contribution in [0.25, 0.3) is 110 Å². The standard InChI is InChI=1S/C48H28/c1-2-11-29(12-3-1)31-17-8-19-33-32(31)18-9-20-36(33)41-27-28-42(48-44-24-7-14-30-13-6-23-43(45(30)44)47(41)48)37-25-26-40-35-16-5-4-15-34(35)38-21-10-22-39(37)46(38)40/h1-28H. The highest BCUT2D eigenvalue weighted by molar-refractivity contribution is 6.25. The Morgan fingerprint density at radius 2 is 0.646 bits per heavy atom. The number of hydrogen-bond donors (Lipinski definition) is 0. The van der Waals surface area contributed by atoms with Crippen molar-refractivity contribution in [1.29, 1.82) is 0 Å². The smallest absolute Gasteiger partial charge is 0.00137 e. The van der Waals surface area contributed by atoms with Crippen LogP contribution < -0.4 is 0 Å². The van der Waals surface area contributed by atoms with Crippen LogP contribution in [0, 0.1) is 0 Å². The van der Waals surface area contributed by atoms with E-state index in [0.29, 0.717) is 0 Å². The average molecular weight is 605 g/mol. The molecule has 0 aromatic heterocycles. The molecule has 0 bridgehead atoms. The zero-order valence-corrected chi connectivity index (χ0v) is 26.2. The third kappa shape index (κ3) is 3.39. The molecule has 0 nitrogen and oxygen atoms in total. The molecule has 2 aliphatic carbocycles. The molecule has 0 saturated heterocycles. The largest absolute Gasteiger partial charge is 0.0622 e. The molecule has 0 fully saturated rings. The van der Waals surface area contributed by atoms with Crippen molar-refractivity contribution in [3.8, 4) is 77.9 Å². The van der Waals surface area contributed by atoms with Gasteiger partial charge in [-0.15, -0.1) is 0 Å². The highest BCUT2D eigenvalue weighted by Crippen LogP contribution is 2.57. The van der Waals surface area contributed by atoms with Gasteiger partial charge in [0.15, 0.2) is 0 Å². The Morgan fingerprint density at radius 3 is 1.33 bits per heavy atom. The Morgan fingerprint density at radius 1 is 0.208 bits per heavy atom. The van der Waals surface area contributed by atoms with E-state index in [1.807, 2.05) is 0 Å². The van der Waals surface area contributed by atoms with Crippen molar-refractivity contribution in [3.05, 3.63) is 170 Å². The molecule has 0 N–H and O–H groups in total. The van der Waals surface area contributed by atoms with Gasteiger partial charge < -0.3 is 0 Å². The maximum absolute atomic E-state index is 2.39. The summed E-state index contributed by atoms with van der Waals surface area (Å²) in [6.07, 6.45) is 0. The predicted octanol–water partition coefficient (Wildman–Crippen LogP) is 13.4. The van der Waals surface area contributed by atoms with Gasteiger partial charge in [0.1, 0.15) is 0 Å². The number of rotatable bonds is 3. The Kier molecular flexibility index (Phi) is 5.20. The van der Waals surface area contributed by atoms with Crippen LogP contribution in [0.15, 0.2) is 170 Å². The van der Waals surface area contributed by atoms with E-state index in [9.17, 15) is 0 Å². The van der Waals surface area contributed by atoms with Crippen molar-refractivity contribution in [3.63, 3.8) is 0 Å². The first kappa shape index (κ1) is 25.9. The van der Waals surface area contributed by atoms with Gasteiger partial charge in [-0.05, 0) is 110 Å². The quantitative estimate of drug-likeness (QED) is 0.188. The third-order valence-corrected chi connectivity index (χ3v) is 10.8. The van der Waals surface area contributed by atoms with Crippen molar-refractivity contribution >= 4 is 32.3 Å². The second-order valence-corrected chi connectivity index (χ2v) is 13.1. The molecule has 2 aliphatic rings. The molecule has 0 aliphatic heterocycles. The lowest BCUT2D eigenvalue weighted by molar-refractivity contribution is 1.61. The van der Waals surface area contributed by atoms with Crippen molar-refractivity contribution in [2.75, 3.05) is 0 Å². The lowest BCUT2D eigenvalue weighted by atomic mass is 9.84. The number of benzene rings is 9. The number of hydrogen-bond acceptors (Lipinski definition) is 0. The zero-order valence-electron chi connectivity index (χ0n) is 26.2. The average Bonchev–Trinajstić information content (AvgIpc) is 3.67. The van der Waals surface area contributed by atoms with Crippen LogP contribution in [-0.4, -0.2) is 0 Å². The fraction of sp³-hybridized carbons (Fsp3) is 0. The minimum atomic E-state index is 1.24. The van der Waals surface area contributed by atoms with E-state index < -0.39 is 0 Å². The summed E-state index contributed by atoms with van der Waals surface area (Å²) in [5.41, 5.74) is 18.3. The third-order valence-electron chi connectivity index (χ3n) is 10.8. The van der Waals surface area contributed by atoms with E-state index in [4.69, 9.17) is 0 Å². The molecule has 11 rings (SSSR count). The maximum atomic E-state index is 2.39. The molecule has 0 heterocycles. The normalized spacial score (nSPS) is 12.2. The molecule has 0 radical (unpaired) electrons. The molecule has 0 unspecified atom stereocenters. The molecule has 0 atom stereocenters. The van der Waals surface area contributed by atoms with E-state index in [2.05, 4.69) is 170 Å². The van der Waals surface area contributed by atoms with Gasteiger partial charge in [-0.3, -0.25) is 0 Å². The number of fused-ring (bicyclic) bond motifs is 7. The van der Waals surface area contributed by atoms with Gasteiger partial charge in [-0.1, -0.05) is 170 Å². The molecule has 0 amide bonds. The van der Waals surface area contributed by atoms with Crippen LogP contribution in [0.5, 0.6) is 0 Å². The Bertz CT molecular complexity index is 2780. The van der Waals surface area contributed by atoms with Crippen LogP contribution in [0.1, 0.15) is 0 Å². The SMILES string of the molecule is c1ccc(-c2cccc3c(-c4ccc(-c5ccc6c7c(cccc57)-c5ccccc5-6)c5c4-c4cccc6cccc-5c46)cccc23)cc1. The zero-order chi connectivity index (χ0) is 31.3. The fourth-order valence-corrected chi connectivity index (χ4v) is 8.83. The first-order valence-corrected chi connectivity index (χ1v) is 16.8. The molecule has 0 spiro atoms. The summed E-state index contributed by atoms with van der Waals surface area (Å²) in [6.45, 7) is 0. The topological polar surface area (TPSA) is 0 Å². The molecule has 220 valence electrons. The molecule has 0 saturated carbocycles. The maximum Gasteiger partial charge on any atom is -0.00137 e. The van der Waals surface area contributed by atoms with Gasteiger partial charge in [0.05, 0.1) is 0 Å². The molecule has 9 aromatic carbocycles. The van der Waals surface area contributed by atoms with Crippen LogP contribution in [0.4, 0.5) is 0 Å². The summed E-state index contributed by atoms with van der Waals surface area (Å²) < 4.78 is 0. The molecular weight excluding hydrogens is 577 g/mol. The van der Waals surface area contributed by atoms with Crippen LogP contribution in [0.2, 0.25) is 0 Å². The highest BCUT2D eigenvalue weighted by Gasteiger charge is 2.30. The van der Waals surface area contributed by atoms with Crippen LogP contribution in [0.3, 0.4) is 0 Å². The highest BCUT2D eigenvalue weighted by atomic mass is 14.3. The van der Waals surface area contributed by atoms with Gasteiger partial charge in [0.2, 0.25) is 0 Å².